The van der Waals surface area contributed by atoms with Crippen LogP contribution in [0.1, 0.15) is 47.9 Å². The van der Waals surface area contributed by atoms with E-state index in [2.05, 4.69) is 6.07 Å². The first-order chi connectivity index (χ1) is 16.2. The summed E-state index contributed by atoms with van der Waals surface area (Å²) in [5.41, 5.74) is 3.25. The number of carbonyl (C=O) groups is 1. The van der Waals surface area contributed by atoms with Crippen LogP contribution in [0.2, 0.25) is 0 Å². The van der Waals surface area contributed by atoms with Crippen molar-refractivity contribution in [2.24, 2.45) is 0 Å². The predicted octanol–water partition coefficient (Wildman–Crippen LogP) is 5.16. The van der Waals surface area contributed by atoms with Gasteiger partial charge in [-0.05, 0) is 73.5 Å². The Morgan fingerprint density at radius 3 is 2.47 bits per heavy atom. The average molecular weight is 501 g/mol. The zero-order valence-electron chi connectivity index (χ0n) is 19.6. The number of nitrogens with zero attached hydrogens (tertiary/aromatic N) is 2. The van der Waals surface area contributed by atoms with Crippen molar-refractivity contribution < 1.29 is 17.6 Å². The Bertz CT molecular complexity index is 1250. The fraction of sp³-hybridized carbons (Fsp3) is 0.346. The summed E-state index contributed by atoms with van der Waals surface area (Å²) in [7, 11) is -3.98. The van der Waals surface area contributed by atoms with Gasteiger partial charge in [0, 0.05) is 17.5 Å². The molecule has 180 valence electrons. The van der Waals surface area contributed by atoms with Crippen molar-refractivity contribution in [1.82, 2.24) is 9.21 Å². The third kappa shape index (κ3) is 4.80. The lowest BCUT2D eigenvalue weighted by molar-refractivity contribution is -0.133. The highest BCUT2D eigenvalue weighted by Gasteiger charge is 2.37. The van der Waals surface area contributed by atoms with Crippen molar-refractivity contribution in [3.8, 4) is 0 Å². The monoisotopic (exact) mass is 500 g/mol. The first kappa shape index (κ1) is 24.6. The van der Waals surface area contributed by atoms with Crippen LogP contribution in [0.25, 0.3) is 0 Å². The zero-order valence-corrected chi connectivity index (χ0v) is 21.2. The maximum Gasteiger partial charge on any atom is 0.243 e. The highest BCUT2D eigenvalue weighted by Crippen LogP contribution is 2.38. The maximum absolute atomic E-state index is 13.7. The van der Waals surface area contributed by atoms with Gasteiger partial charge in [-0.2, -0.15) is 4.31 Å². The summed E-state index contributed by atoms with van der Waals surface area (Å²) in [4.78, 5) is 16.7. The van der Waals surface area contributed by atoms with E-state index in [-0.39, 0.29) is 23.4 Å². The number of carbonyl (C=O) groups excluding carboxylic acids is 1. The molecule has 2 aromatic carbocycles. The minimum Gasteiger partial charge on any atom is -0.330 e. The fourth-order valence-corrected chi connectivity index (χ4v) is 6.90. The summed E-state index contributed by atoms with van der Waals surface area (Å²) in [5, 5.41) is 2.05. The molecule has 2 atom stereocenters. The topological polar surface area (TPSA) is 57.7 Å². The Morgan fingerprint density at radius 2 is 1.82 bits per heavy atom. The Hall–Kier alpha value is -2.55. The van der Waals surface area contributed by atoms with E-state index in [1.807, 2.05) is 43.5 Å². The molecule has 8 heteroatoms. The number of halogens is 1. The first-order valence-electron chi connectivity index (χ1n) is 11.4. The van der Waals surface area contributed by atoms with Gasteiger partial charge in [0.25, 0.3) is 0 Å². The molecule has 0 bridgehead atoms. The van der Waals surface area contributed by atoms with E-state index in [4.69, 9.17) is 0 Å². The molecule has 0 aliphatic carbocycles. The molecule has 0 N–H and O–H groups in total. The van der Waals surface area contributed by atoms with E-state index in [9.17, 15) is 17.6 Å². The van der Waals surface area contributed by atoms with Crippen LogP contribution >= 0.6 is 11.3 Å². The summed E-state index contributed by atoms with van der Waals surface area (Å²) in [6, 6.07) is 14.3. The molecule has 0 radical (unpaired) electrons. The molecule has 1 aliphatic rings. The second-order valence-electron chi connectivity index (χ2n) is 8.71. The maximum atomic E-state index is 13.7. The van der Waals surface area contributed by atoms with E-state index >= 15 is 0 Å². The van der Waals surface area contributed by atoms with Gasteiger partial charge in [0.15, 0.2) is 0 Å². The van der Waals surface area contributed by atoms with Crippen LogP contribution in [-0.2, 0) is 21.2 Å². The number of hydrogen-bond acceptors (Lipinski definition) is 4. The van der Waals surface area contributed by atoms with E-state index in [1.54, 1.807) is 23.2 Å². The van der Waals surface area contributed by atoms with Gasteiger partial charge >= 0.3 is 0 Å². The Balaban J connectivity index is 1.68. The SMILES string of the molecule is CCC(C)N(CC(=O)N1CCc2sccc2C1c1ccc(C)cc1)S(=O)(=O)c1ccc(F)cc1. The highest BCUT2D eigenvalue weighted by atomic mass is 32.2. The number of aryl methyl sites for hydroxylation is 1. The summed E-state index contributed by atoms with van der Waals surface area (Å²) in [6.07, 6.45) is 1.29. The summed E-state index contributed by atoms with van der Waals surface area (Å²) in [6.45, 7) is 5.95. The summed E-state index contributed by atoms with van der Waals surface area (Å²) >= 11 is 1.69. The van der Waals surface area contributed by atoms with Crippen LogP contribution in [0, 0.1) is 12.7 Å². The molecule has 1 aliphatic heterocycles. The van der Waals surface area contributed by atoms with Gasteiger partial charge < -0.3 is 4.90 Å². The predicted molar refractivity (Wildman–Crippen MR) is 133 cm³/mol. The molecule has 0 spiro atoms. The number of fused-ring (bicyclic) bond motifs is 1. The fourth-order valence-electron chi connectivity index (χ4n) is 4.34. The minimum absolute atomic E-state index is 0.0177. The summed E-state index contributed by atoms with van der Waals surface area (Å²) < 4.78 is 41.5. The number of rotatable bonds is 7. The van der Waals surface area contributed by atoms with Gasteiger partial charge in [0.2, 0.25) is 15.9 Å². The van der Waals surface area contributed by atoms with Crippen LogP contribution in [-0.4, -0.2) is 42.7 Å². The molecule has 2 unspecified atom stereocenters. The molecular weight excluding hydrogens is 471 g/mol. The van der Waals surface area contributed by atoms with Gasteiger partial charge in [-0.25, -0.2) is 12.8 Å². The van der Waals surface area contributed by atoms with E-state index < -0.39 is 21.9 Å². The van der Waals surface area contributed by atoms with Crippen molar-refractivity contribution in [2.45, 2.75) is 50.6 Å². The molecule has 2 heterocycles. The van der Waals surface area contributed by atoms with Crippen molar-refractivity contribution in [3.05, 3.63) is 87.4 Å². The molecule has 3 aromatic rings. The standard InChI is InChI=1S/C26H29FN2O3S2/c1-4-19(3)29(34(31,32)22-11-9-21(27)10-12-22)17-25(30)28-15-13-24-23(14-16-33-24)26(28)20-7-5-18(2)6-8-20/h5-12,14,16,19,26H,4,13,15,17H2,1-3H3. The van der Waals surface area contributed by atoms with Crippen LogP contribution in [0.3, 0.4) is 0 Å². The molecule has 0 fully saturated rings. The van der Waals surface area contributed by atoms with Crippen molar-refractivity contribution in [2.75, 3.05) is 13.1 Å². The van der Waals surface area contributed by atoms with Crippen LogP contribution < -0.4 is 0 Å². The smallest absolute Gasteiger partial charge is 0.243 e. The van der Waals surface area contributed by atoms with Crippen LogP contribution in [0.4, 0.5) is 4.39 Å². The minimum atomic E-state index is -3.98. The molecule has 5 nitrogen and oxygen atoms in total. The molecule has 1 aromatic heterocycles. The van der Waals surface area contributed by atoms with E-state index in [1.165, 1.54) is 21.3 Å². The first-order valence-corrected chi connectivity index (χ1v) is 13.7. The van der Waals surface area contributed by atoms with Crippen LogP contribution in [0.15, 0.2) is 64.9 Å². The quantitative estimate of drug-likeness (QED) is 0.450. The number of sulfonamides is 1. The highest BCUT2D eigenvalue weighted by molar-refractivity contribution is 7.89. The lowest BCUT2D eigenvalue weighted by atomic mass is 9.92. The van der Waals surface area contributed by atoms with E-state index in [0.29, 0.717) is 13.0 Å². The Labute approximate surface area is 204 Å². The third-order valence-electron chi connectivity index (χ3n) is 6.47. The second-order valence-corrected chi connectivity index (χ2v) is 11.6. The number of thiophene rings is 1. The molecule has 4 rings (SSSR count). The molecule has 1 amide bonds. The lowest BCUT2D eigenvalue weighted by Gasteiger charge is -2.38. The van der Waals surface area contributed by atoms with Gasteiger partial charge in [0.05, 0.1) is 17.5 Å². The Morgan fingerprint density at radius 1 is 1.15 bits per heavy atom. The molecular formula is C26H29FN2O3S2. The zero-order chi connectivity index (χ0) is 24.5. The number of amides is 1. The number of benzene rings is 2. The average Bonchev–Trinajstić information content (AvgIpc) is 3.31. The van der Waals surface area contributed by atoms with Crippen molar-refractivity contribution in [1.29, 1.82) is 0 Å². The lowest BCUT2D eigenvalue weighted by Crippen LogP contribution is -2.49. The van der Waals surface area contributed by atoms with Crippen molar-refractivity contribution in [3.63, 3.8) is 0 Å². The Kier molecular flexibility index (Phi) is 7.21. The van der Waals surface area contributed by atoms with Crippen molar-refractivity contribution >= 4 is 27.3 Å². The summed E-state index contributed by atoms with van der Waals surface area (Å²) in [5.74, 6) is -0.751. The normalized spacial score (nSPS) is 17.0. The van der Waals surface area contributed by atoms with Gasteiger partial charge in [-0.3, -0.25) is 4.79 Å². The third-order valence-corrected chi connectivity index (χ3v) is 9.44. The molecule has 0 saturated heterocycles. The second kappa shape index (κ2) is 9.98. The van der Waals surface area contributed by atoms with Crippen LogP contribution in [0.5, 0.6) is 0 Å². The molecule has 34 heavy (non-hydrogen) atoms. The molecule has 0 saturated carbocycles. The van der Waals surface area contributed by atoms with E-state index in [0.717, 1.165) is 35.2 Å². The van der Waals surface area contributed by atoms with Gasteiger partial charge in [-0.1, -0.05) is 36.8 Å². The number of hydrogen-bond donors (Lipinski definition) is 0. The largest absolute Gasteiger partial charge is 0.330 e. The van der Waals surface area contributed by atoms with Gasteiger partial charge in [-0.15, -0.1) is 11.3 Å². The van der Waals surface area contributed by atoms with Gasteiger partial charge in [0.1, 0.15) is 5.82 Å².